The first-order valence-electron chi connectivity index (χ1n) is 6.73. The maximum Gasteiger partial charge on any atom is 0.208 e. The van der Waals surface area contributed by atoms with Crippen molar-refractivity contribution in [3.05, 3.63) is 22.8 Å². The van der Waals surface area contributed by atoms with E-state index < -0.39 is 5.79 Å². The second kappa shape index (κ2) is 3.87. The molecule has 0 radical (unpaired) electrons. The third kappa shape index (κ3) is 1.82. The predicted molar refractivity (Wildman–Crippen MR) is 70.4 cm³/mol. The molecular weight excluding hydrogens is 244 g/mol. The van der Waals surface area contributed by atoms with Crippen molar-refractivity contribution in [1.82, 2.24) is 0 Å². The van der Waals surface area contributed by atoms with E-state index in [4.69, 9.17) is 9.47 Å². The molecule has 19 heavy (non-hydrogen) atoms. The first-order chi connectivity index (χ1) is 8.80. The normalized spacial score (nSPS) is 36.6. The number of aromatic hydroxyl groups is 1. The van der Waals surface area contributed by atoms with Crippen LogP contribution in [0.1, 0.15) is 55.9 Å². The molecule has 104 valence electrons. The molecule has 2 heterocycles. The smallest absolute Gasteiger partial charge is 0.208 e. The Morgan fingerprint density at radius 3 is 2.68 bits per heavy atom. The van der Waals surface area contributed by atoms with Gasteiger partial charge in [0.15, 0.2) is 0 Å². The SMILES string of the molecule is Cc1c(O)cc2c3c1C(C)C(C)OC3CC(C)(O)O2. The van der Waals surface area contributed by atoms with Crippen LogP contribution in [-0.4, -0.2) is 22.1 Å². The third-order valence-electron chi connectivity index (χ3n) is 4.37. The van der Waals surface area contributed by atoms with Crippen molar-refractivity contribution in [2.45, 2.75) is 58.0 Å². The maximum atomic E-state index is 10.2. The highest BCUT2D eigenvalue weighted by Gasteiger charge is 2.43. The molecule has 0 aromatic heterocycles. The second-order valence-electron chi connectivity index (χ2n) is 5.95. The van der Waals surface area contributed by atoms with Gasteiger partial charge in [0.25, 0.3) is 0 Å². The molecule has 2 aliphatic rings. The predicted octanol–water partition coefficient (Wildman–Crippen LogP) is 2.75. The summed E-state index contributed by atoms with van der Waals surface area (Å²) in [4.78, 5) is 0. The number of ether oxygens (including phenoxy) is 2. The fraction of sp³-hybridized carbons (Fsp3) is 0.600. The van der Waals surface area contributed by atoms with Crippen LogP contribution in [0.3, 0.4) is 0 Å². The number of hydrogen-bond acceptors (Lipinski definition) is 4. The van der Waals surface area contributed by atoms with Crippen LogP contribution in [0.5, 0.6) is 11.5 Å². The van der Waals surface area contributed by atoms with Crippen LogP contribution in [0.4, 0.5) is 0 Å². The van der Waals surface area contributed by atoms with Crippen LogP contribution < -0.4 is 4.74 Å². The molecule has 4 nitrogen and oxygen atoms in total. The van der Waals surface area contributed by atoms with Crippen molar-refractivity contribution < 1.29 is 19.7 Å². The zero-order valence-corrected chi connectivity index (χ0v) is 11.7. The zero-order chi connectivity index (χ0) is 13.9. The Labute approximate surface area is 113 Å². The van der Waals surface area contributed by atoms with Gasteiger partial charge in [-0.2, -0.15) is 0 Å². The zero-order valence-electron chi connectivity index (χ0n) is 11.7. The van der Waals surface area contributed by atoms with E-state index >= 15 is 0 Å². The number of phenols is 1. The van der Waals surface area contributed by atoms with E-state index in [0.717, 1.165) is 16.7 Å². The molecule has 2 N–H and O–H groups in total. The van der Waals surface area contributed by atoms with Gasteiger partial charge in [0.1, 0.15) is 11.5 Å². The van der Waals surface area contributed by atoms with Crippen LogP contribution in [0, 0.1) is 6.92 Å². The van der Waals surface area contributed by atoms with E-state index in [1.165, 1.54) is 0 Å². The number of phenolic OH excluding ortho intramolecular Hbond substituents is 1. The largest absolute Gasteiger partial charge is 0.508 e. The van der Waals surface area contributed by atoms with Gasteiger partial charge in [0.2, 0.25) is 5.79 Å². The van der Waals surface area contributed by atoms with Crippen molar-refractivity contribution in [2.75, 3.05) is 0 Å². The lowest BCUT2D eigenvalue weighted by molar-refractivity contribution is -0.179. The molecule has 0 bridgehead atoms. The van der Waals surface area contributed by atoms with E-state index in [9.17, 15) is 10.2 Å². The Kier molecular flexibility index (Phi) is 2.60. The molecule has 0 fully saturated rings. The van der Waals surface area contributed by atoms with E-state index in [-0.39, 0.29) is 23.9 Å². The maximum absolute atomic E-state index is 10.2. The average molecular weight is 264 g/mol. The van der Waals surface area contributed by atoms with Gasteiger partial charge in [-0.25, -0.2) is 0 Å². The van der Waals surface area contributed by atoms with Gasteiger partial charge in [0, 0.05) is 30.9 Å². The van der Waals surface area contributed by atoms with Crippen LogP contribution in [0.15, 0.2) is 6.07 Å². The standard InChI is InChI=1S/C15H20O4/c1-7-9(3)18-12-6-15(4,17)19-11-5-10(16)8(2)13(7)14(11)12/h5,7,9,12,16-17H,6H2,1-4H3. The van der Waals surface area contributed by atoms with Gasteiger partial charge in [-0.15, -0.1) is 0 Å². The first kappa shape index (κ1) is 12.8. The number of hydrogen-bond donors (Lipinski definition) is 2. The monoisotopic (exact) mass is 264 g/mol. The molecule has 1 aromatic rings. The quantitative estimate of drug-likeness (QED) is 0.756. The first-order valence-corrected chi connectivity index (χ1v) is 6.73. The summed E-state index contributed by atoms with van der Waals surface area (Å²) in [5.41, 5.74) is 2.98. The minimum Gasteiger partial charge on any atom is -0.508 e. The lowest BCUT2D eigenvalue weighted by atomic mass is 9.80. The van der Waals surface area contributed by atoms with E-state index in [1.807, 2.05) is 13.8 Å². The summed E-state index contributed by atoms with van der Waals surface area (Å²) in [5.74, 6) is -0.301. The van der Waals surface area contributed by atoms with Crippen molar-refractivity contribution in [1.29, 1.82) is 0 Å². The number of benzene rings is 1. The molecule has 2 aliphatic heterocycles. The molecule has 0 saturated heterocycles. The topological polar surface area (TPSA) is 58.9 Å². The summed E-state index contributed by atoms with van der Waals surface area (Å²) in [6.45, 7) is 7.67. The Balaban J connectivity index is 2.26. The lowest BCUT2D eigenvalue weighted by Gasteiger charge is -2.43. The molecule has 4 unspecified atom stereocenters. The van der Waals surface area contributed by atoms with Gasteiger partial charge in [-0.1, -0.05) is 6.92 Å². The lowest BCUT2D eigenvalue weighted by Crippen LogP contribution is -2.42. The summed E-state index contributed by atoms with van der Waals surface area (Å²) in [6, 6.07) is 1.58. The van der Waals surface area contributed by atoms with Gasteiger partial charge < -0.3 is 19.7 Å². The summed E-state index contributed by atoms with van der Waals surface area (Å²) in [7, 11) is 0. The van der Waals surface area contributed by atoms with Gasteiger partial charge in [-0.3, -0.25) is 0 Å². The van der Waals surface area contributed by atoms with Gasteiger partial charge >= 0.3 is 0 Å². The Morgan fingerprint density at radius 1 is 1.32 bits per heavy atom. The van der Waals surface area contributed by atoms with Gasteiger partial charge in [0.05, 0.1) is 12.2 Å². The van der Waals surface area contributed by atoms with Crippen molar-refractivity contribution in [2.24, 2.45) is 0 Å². The Hall–Kier alpha value is -1.26. The summed E-state index contributed by atoms with van der Waals surface area (Å²) < 4.78 is 11.6. The molecule has 1 aromatic carbocycles. The highest BCUT2D eigenvalue weighted by molar-refractivity contribution is 5.56. The molecule has 0 saturated carbocycles. The minimum absolute atomic E-state index is 0.0553. The highest BCUT2D eigenvalue weighted by Crippen LogP contribution is 2.52. The summed E-state index contributed by atoms with van der Waals surface area (Å²) in [5, 5.41) is 20.2. The van der Waals surface area contributed by atoms with E-state index in [2.05, 4.69) is 6.92 Å². The Morgan fingerprint density at radius 2 is 2.00 bits per heavy atom. The molecule has 0 aliphatic carbocycles. The van der Waals surface area contributed by atoms with Crippen molar-refractivity contribution in [3.8, 4) is 11.5 Å². The fourth-order valence-corrected chi connectivity index (χ4v) is 3.24. The van der Waals surface area contributed by atoms with Crippen LogP contribution in [-0.2, 0) is 4.74 Å². The van der Waals surface area contributed by atoms with E-state index in [1.54, 1.807) is 13.0 Å². The number of aliphatic hydroxyl groups is 1. The molecule has 3 rings (SSSR count). The highest BCUT2D eigenvalue weighted by atomic mass is 16.6. The van der Waals surface area contributed by atoms with Crippen LogP contribution in [0.2, 0.25) is 0 Å². The minimum atomic E-state index is -1.25. The number of rotatable bonds is 0. The fourth-order valence-electron chi connectivity index (χ4n) is 3.24. The van der Waals surface area contributed by atoms with Crippen molar-refractivity contribution >= 4 is 0 Å². The molecule has 4 atom stereocenters. The molecule has 4 heteroatoms. The van der Waals surface area contributed by atoms with E-state index in [0.29, 0.717) is 12.2 Å². The molecular formula is C15H20O4. The third-order valence-corrected chi connectivity index (χ3v) is 4.37. The molecule has 0 amide bonds. The second-order valence-corrected chi connectivity index (χ2v) is 5.95. The summed E-state index contributed by atoms with van der Waals surface area (Å²) >= 11 is 0. The van der Waals surface area contributed by atoms with Gasteiger partial charge in [-0.05, 0) is 25.0 Å². The van der Waals surface area contributed by atoms with Crippen LogP contribution in [0.25, 0.3) is 0 Å². The average Bonchev–Trinajstić information content (AvgIpc) is 2.28. The summed E-state index contributed by atoms with van der Waals surface area (Å²) in [6.07, 6.45) is 0.299. The van der Waals surface area contributed by atoms with Crippen LogP contribution >= 0.6 is 0 Å². The van der Waals surface area contributed by atoms with Crippen molar-refractivity contribution in [3.63, 3.8) is 0 Å². The Bertz CT molecular complexity index is 535. The molecule has 0 spiro atoms.